The van der Waals surface area contributed by atoms with Crippen molar-refractivity contribution in [1.82, 2.24) is 20.2 Å². The summed E-state index contributed by atoms with van der Waals surface area (Å²) >= 11 is 0. The lowest BCUT2D eigenvalue weighted by molar-refractivity contribution is 0.107. The quantitative estimate of drug-likeness (QED) is 0.290. The highest BCUT2D eigenvalue weighted by atomic mass is 19.1. The predicted octanol–water partition coefficient (Wildman–Crippen LogP) is 5.34. The molecule has 1 aromatic heterocycles. The third kappa shape index (κ3) is 4.47. The van der Waals surface area contributed by atoms with Gasteiger partial charge in [0.15, 0.2) is 11.6 Å². The summed E-state index contributed by atoms with van der Waals surface area (Å²) in [4.78, 5) is 12.9. The number of nitrogens with zero attached hydrogens (tertiary/aromatic N) is 5. The van der Waals surface area contributed by atoms with Crippen LogP contribution in [0.3, 0.4) is 0 Å². The van der Waals surface area contributed by atoms with Gasteiger partial charge in [0, 0.05) is 54.7 Å². The Hall–Kier alpha value is -4.21. The van der Waals surface area contributed by atoms with Crippen molar-refractivity contribution in [3.63, 3.8) is 0 Å². The first kappa shape index (κ1) is 28.3. The maximum atomic E-state index is 16.9. The molecule has 0 spiro atoms. The van der Waals surface area contributed by atoms with E-state index in [0.29, 0.717) is 26.1 Å². The monoisotopic (exact) mass is 618 g/mol. The molecule has 0 aliphatic carbocycles. The molecular formula is C33H30F4N6O2. The van der Waals surface area contributed by atoms with E-state index >= 15 is 13.2 Å². The van der Waals surface area contributed by atoms with Crippen molar-refractivity contribution in [2.45, 2.75) is 55.9 Å². The van der Waals surface area contributed by atoms with Gasteiger partial charge in [0.1, 0.15) is 41.7 Å². The Morgan fingerprint density at radius 3 is 2.64 bits per heavy atom. The molecule has 0 amide bonds. The van der Waals surface area contributed by atoms with Crippen LogP contribution in [0.2, 0.25) is 0 Å². The molecule has 4 saturated heterocycles. The molecule has 8 rings (SSSR count). The number of phenolic OH excluding ortho intramolecular Hbond substituents is 1. The van der Waals surface area contributed by atoms with Gasteiger partial charge in [-0.25, -0.2) is 17.6 Å². The highest BCUT2D eigenvalue weighted by Crippen LogP contribution is 2.44. The molecule has 2 unspecified atom stereocenters. The summed E-state index contributed by atoms with van der Waals surface area (Å²) in [7, 11) is 0. The fourth-order valence-electron chi connectivity index (χ4n) is 8.08. The lowest BCUT2D eigenvalue weighted by Crippen LogP contribution is -2.51. The van der Waals surface area contributed by atoms with Crippen LogP contribution in [-0.4, -0.2) is 76.6 Å². The van der Waals surface area contributed by atoms with E-state index < -0.39 is 45.8 Å². The number of nitrogens with one attached hydrogen (secondary N) is 1. The van der Waals surface area contributed by atoms with Crippen molar-refractivity contribution < 1.29 is 27.4 Å². The summed E-state index contributed by atoms with van der Waals surface area (Å²) in [5.74, 6) is -3.03. The molecule has 0 saturated carbocycles. The van der Waals surface area contributed by atoms with Crippen molar-refractivity contribution in [3.05, 3.63) is 53.3 Å². The zero-order chi connectivity index (χ0) is 31.0. The largest absolute Gasteiger partial charge is 0.508 e. The van der Waals surface area contributed by atoms with Crippen molar-refractivity contribution in [2.75, 3.05) is 37.7 Å². The normalized spacial score (nSPS) is 26.1. The van der Waals surface area contributed by atoms with Crippen LogP contribution in [0.15, 0.2) is 30.3 Å². The van der Waals surface area contributed by atoms with E-state index in [1.807, 2.05) is 4.90 Å². The molecule has 2 bridgehead atoms. The third-order valence-electron chi connectivity index (χ3n) is 10.0. The standard InChI is InChI=1S/C33H30F4N6O2/c34-18-11-33(7-2-8-43(33)13-18)16-45-32-40-30-27(31(41-32)42-14-19-5-6-20(15-42)39-19)28(36)23(12-38)26(29(30)37)22-10-21(44)9-17-3-1-4-24(35)25(17)22/h1,3-4,9-10,18-20,39,44H,2,5-8,11,13-16H2/t18-,19?,20?,33+/m1/s1. The molecule has 4 aliphatic rings. The summed E-state index contributed by atoms with van der Waals surface area (Å²) < 4.78 is 69.4. The molecule has 4 fully saturated rings. The number of hydrogen-bond donors (Lipinski definition) is 2. The van der Waals surface area contributed by atoms with Crippen LogP contribution in [0.4, 0.5) is 23.4 Å². The van der Waals surface area contributed by atoms with Gasteiger partial charge in [-0.1, -0.05) is 12.1 Å². The molecule has 2 N–H and O–H groups in total. The van der Waals surface area contributed by atoms with Gasteiger partial charge in [-0.15, -0.1) is 0 Å². The van der Waals surface area contributed by atoms with Crippen LogP contribution in [0.25, 0.3) is 32.8 Å². The SMILES string of the molecule is N#Cc1c(-c2cc(O)cc3cccc(F)c23)c(F)c2nc(OC[C@@]34CCCN3C[C@H](F)C4)nc(N3CC4CCC(C3)N4)c2c1F. The van der Waals surface area contributed by atoms with Gasteiger partial charge in [0.2, 0.25) is 0 Å². The van der Waals surface area contributed by atoms with E-state index in [2.05, 4.69) is 20.2 Å². The summed E-state index contributed by atoms with van der Waals surface area (Å²) in [6, 6.07) is 8.43. The number of benzene rings is 3. The number of piperazine rings is 1. The molecule has 45 heavy (non-hydrogen) atoms. The van der Waals surface area contributed by atoms with Gasteiger partial charge in [-0.05, 0) is 55.8 Å². The molecule has 4 aromatic rings. The van der Waals surface area contributed by atoms with Crippen molar-refractivity contribution in [3.8, 4) is 29.0 Å². The Kier molecular flexibility index (Phi) is 6.55. The van der Waals surface area contributed by atoms with Gasteiger partial charge in [0.25, 0.3) is 0 Å². The molecule has 3 aromatic carbocycles. The van der Waals surface area contributed by atoms with E-state index in [1.165, 1.54) is 24.3 Å². The number of nitriles is 1. The smallest absolute Gasteiger partial charge is 0.319 e. The Labute approximate surface area is 256 Å². The van der Waals surface area contributed by atoms with Gasteiger partial charge >= 0.3 is 6.01 Å². The fourth-order valence-corrected chi connectivity index (χ4v) is 8.08. The zero-order valence-corrected chi connectivity index (χ0v) is 24.3. The molecule has 8 nitrogen and oxygen atoms in total. The number of anilines is 1. The molecule has 4 atom stereocenters. The summed E-state index contributed by atoms with van der Waals surface area (Å²) in [5, 5.41) is 24.1. The topological polar surface area (TPSA) is 97.5 Å². The molecule has 232 valence electrons. The number of rotatable bonds is 5. The Morgan fingerprint density at radius 1 is 1.07 bits per heavy atom. The minimum Gasteiger partial charge on any atom is -0.508 e. The first-order valence-electron chi connectivity index (χ1n) is 15.3. The van der Waals surface area contributed by atoms with Gasteiger partial charge in [-0.3, -0.25) is 4.90 Å². The fraction of sp³-hybridized carbons (Fsp3) is 0.424. The Balaban J connectivity index is 1.34. The highest BCUT2D eigenvalue weighted by Gasteiger charge is 2.49. The summed E-state index contributed by atoms with van der Waals surface area (Å²) in [5.41, 5.74) is -2.28. The van der Waals surface area contributed by atoms with Gasteiger partial charge in [0.05, 0.1) is 16.5 Å². The van der Waals surface area contributed by atoms with E-state index in [1.54, 1.807) is 6.07 Å². The van der Waals surface area contributed by atoms with Crippen LogP contribution in [0.1, 0.15) is 37.7 Å². The molecule has 4 aliphatic heterocycles. The lowest BCUT2D eigenvalue weighted by Gasteiger charge is -2.35. The average Bonchev–Trinajstić information content (AvgIpc) is 3.67. The van der Waals surface area contributed by atoms with Crippen LogP contribution >= 0.6 is 0 Å². The van der Waals surface area contributed by atoms with E-state index in [4.69, 9.17) is 4.74 Å². The van der Waals surface area contributed by atoms with E-state index in [0.717, 1.165) is 38.3 Å². The van der Waals surface area contributed by atoms with Crippen LogP contribution in [0.5, 0.6) is 11.8 Å². The summed E-state index contributed by atoms with van der Waals surface area (Å²) in [6.07, 6.45) is 2.83. The number of hydrogen-bond acceptors (Lipinski definition) is 8. The highest BCUT2D eigenvalue weighted by molar-refractivity contribution is 6.03. The minimum atomic E-state index is -1.06. The minimum absolute atomic E-state index is 0.0729. The number of alkyl halides is 1. The van der Waals surface area contributed by atoms with Crippen molar-refractivity contribution in [1.29, 1.82) is 5.26 Å². The average molecular weight is 619 g/mol. The first-order chi connectivity index (χ1) is 21.7. The second-order valence-corrected chi connectivity index (χ2v) is 12.8. The third-order valence-corrected chi connectivity index (χ3v) is 10.0. The molecule has 12 heteroatoms. The second kappa shape index (κ2) is 10.4. The number of aromatic hydroxyl groups is 1. The number of fused-ring (bicyclic) bond motifs is 5. The maximum Gasteiger partial charge on any atom is 0.319 e. The predicted molar refractivity (Wildman–Crippen MR) is 159 cm³/mol. The van der Waals surface area contributed by atoms with Crippen LogP contribution < -0.4 is 15.0 Å². The van der Waals surface area contributed by atoms with Crippen LogP contribution in [0, 0.1) is 28.8 Å². The number of ether oxygens (including phenoxy) is 1. The first-order valence-corrected chi connectivity index (χ1v) is 15.3. The maximum absolute atomic E-state index is 16.9. The second-order valence-electron chi connectivity index (χ2n) is 12.8. The molecular weight excluding hydrogens is 588 g/mol. The van der Waals surface area contributed by atoms with E-state index in [9.17, 15) is 14.8 Å². The lowest BCUT2D eigenvalue weighted by atomic mass is 9.92. The summed E-state index contributed by atoms with van der Waals surface area (Å²) in [6.45, 7) is 2.13. The Morgan fingerprint density at radius 2 is 1.87 bits per heavy atom. The van der Waals surface area contributed by atoms with Gasteiger partial charge < -0.3 is 20.1 Å². The van der Waals surface area contributed by atoms with Crippen LogP contribution in [-0.2, 0) is 0 Å². The van der Waals surface area contributed by atoms with Crippen molar-refractivity contribution in [2.24, 2.45) is 0 Å². The zero-order valence-electron chi connectivity index (χ0n) is 24.3. The van der Waals surface area contributed by atoms with E-state index in [-0.39, 0.29) is 58.0 Å². The molecule has 0 radical (unpaired) electrons. The number of aromatic nitrogens is 2. The van der Waals surface area contributed by atoms with Gasteiger partial charge in [-0.2, -0.15) is 15.2 Å². The number of phenols is 1. The van der Waals surface area contributed by atoms with Crippen molar-refractivity contribution >= 4 is 27.5 Å². The number of halogens is 4. The Bertz CT molecular complexity index is 1900. The molecule has 5 heterocycles.